The Morgan fingerprint density at radius 1 is 1.30 bits per heavy atom. The zero-order valence-electron chi connectivity index (χ0n) is 19.0. The van der Waals surface area contributed by atoms with Gasteiger partial charge >= 0.3 is 0 Å². The molecule has 0 radical (unpaired) electrons. The Morgan fingerprint density at radius 2 is 2.15 bits per heavy atom. The Bertz CT molecular complexity index is 1230. The van der Waals surface area contributed by atoms with Crippen molar-refractivity contribution in [2.75, 3.05) is 38.3 Å². The molecular weight excluding hydrogens is 434 g/mol. The van der Waals surface area contributed by atoms with Crippen molar-refractivity contribution in [3.63, 3.8) is 0 Å². The molecule has 2 fully saturated rings. The van der Waals surface area contributed by atoms with Crippen LogP contribution in [0.1, 0.15) is 43.4 Å². The SMILES string of the molecule is COCCC(=O)N1CCN(c2nc(C3CC3)c(-c3ccc4ncsc4c3)cc2C#N)C[C@H]1C. The topological polar surface area (TPSA) is 82.3 Å². The number of ether oxygens (including phenoxy) is 1. The van der Waals surface area contributed by atoms with Gasteiger partial charge in [-0.05, 0) is 43.5 Å². The fourth-order valence-electron chi connectivity index (χ4n) is 4.62. The van der Waals surface area contributed by atoms with Crippen LogP contribution in [0.3, 0.4) is 0 Å². The van der Waals surface area contributed by atoms with E-state index in [2.05, 4.69) is 35.0 Å². The average Bonchev–Trinajstić information content (AvgIpc) is 3.58. The molecule has 1 aliphatic heterocycles. The van der Waals surface area contributed by atoms with E-state index in [4.69, 9.17) is 9.72 Å². The molecule has 0 bridgehead atoms. The molecule has 1 aromatic carbocycles. The molecule has 0 unspecified atom stereocenters. The number of hydrogen-bond acceptors (Lipinski definition) is 7. The van der Waals surface area contributed by atoms with E-state index in [1.807, 2.05) is 22.5 Å². The highest BCUT2D eigenvalue weighted by Gasteiger charge is 2.33. The second kappa shape index (κ2) is 9.08. The van der Waals surface area contributed by atoms with Crippen LogP contribution in [0.5, 0.6) is 0 Å². The van der Waals surface area contributed by atoms with Gasteiger partial charge in [-0.2, -0.15) is 5.26 Å². The maximum Gasteiger partial charge on any atom is 0.225 e. The van der Waals surface area contributed by atoms with Gasteiger partial charge in [0.15, 0.2) is 0 Å². The van der Waals surface area contributed by atoms with Crippen LogP contribution in [0, 0.1) is 11.3 Å². The number of amides is 1. The van der Waals surface area contributed by atoms with E-state index in [0.717, 1.165) is 45.7 Å². The highest BCUT2D eigenvalue weighted by Crippen LogP contribution is 2.45. The fraction of sp³-hybridized carbons (Fsp3) is 0.440. The summed E-state index contributed by atoms with van der Waals surface area (Å²) >= 11 is 1.62. The van der Waals surface area contributed by atoms with Gasteiger partial charge in [-0.3, -0.25) is 4.79 Å². The molecule has 1 saturated heterocycles. The van der Waals surface area contributed by atoms with Crippen molar-refractivity contribution in [3.05, 3.63) is 41.0 Å². The number of rotatable bonds is 6. The largest absolute Gasteiger partial charge is 0.384 e. The zero-order valence-corrected chi connectivity index (χ0v) is 19.8. The number of benzene rings is 1. The van der Waals surface area contributed by atoms with Crippen LogP contribution in [-0.2, 0) is 9.53 Å². The van der Waals surface area contributed by atoms with Crippen LogP contribution >= 0.6 is 11.3 Å². The molecule has 33 heavy (non-hydrogen) atoms. The van der Waals surface area contributed by atoms with E-state index in [0.29, 0.717) is 44.1 Å². The summed E-state index contributed by atoms with van der Waals surface area (Å²) in [4.78, 5) is 26.1. The summed E-state index contributed by atoms with van der Waals surface area (Å²) in [6, 6.07) is 10.7. The van der Waals surface area contributed by atoms with Crippen molar-refractivity contribution in [3.8, 4) is 17.2 Å². The maximum atomic E-state index is 12.5. The second-order valence-corrected chi connectivity index (χ2v) is 9.72. The summed E-state index contributed by atoms with van der Waals surface area (Å²) in [5, 5.41) is 10.0. The van der Waals surface area contributed by atoms with Gasteiger partial charge < -0.3 is 14.5 Å². The van der Waals surface area contributed by atoms with Gasteiger partial charge in [-0.1, -0.05) is 6.07 Å². The molecule has 7 nitrogen and oxygen atoms in total. The van der Waals surface area contributed by atoms with E-state index in [1.165, 1.54) is 0 Å². The molecule has 1 aliphatic carbocycles. The Balaban J connectivity index is 1.46. The normalized spacial score (nSPS) is 18.5. The summed E-state index contributed by atoms with van der Waals surface area (Å²) in [7, 11) is 1.61. The standard InChI is InChI=1S/C25H27N5O2S/c1-16-14-29(8-9-30(16)23(31)7-10-32-2)25-19(13-26)11-20(24(28-25)17-3-4-17)18-5-6-21-22(12-18)33-15-27-21/h5-6,11-12,15-17H,3-4,7-10,14H2,1-2H3/t16-/m1/s1. The van der Waals surface area contributed by atoms with E-state index in [-0.39, 0.29) is 11.9 Å². The number of thiazole rings is 1. The highest BCUT2D eigenvalue weighted by atomic mass is 32.1. The van der Waals surface area contributed by atoms with Crippen LogP contribution in [0.2, 0.25) is 0 Å². The lowest BCUT2D eigenvalue weighted by Gasteiger charge is -2.41. The van der Waals surface area contributed by atoms with Crippen molar-refractivity contribution in [1.82, 2.24) is 14.9 Å². The molecule has 170 valence electrons. The van der Waals surface area contributed by atoms with Crippen LogP contribution in [0.15, 0.2) is 29.8 Å². The molecular formula is C25H27N5O2S. The second-order valence-electron chi connectivity index (χ2n) is 8.84. The van der Waals surface area contributed by atoms with Crippen LogP contribution in [-0.4, -0.2) is 60.2 Å². The number of nitriles is 1. The van der Waals surface area contributed by atoms with Gasteiger partial charge in [0.2, 0.25) is 5.91 Å². The third-order valence-corrected chi connectivity index (χ3v) is 7.32. The van der Waals surface area contributed by atoms with Gasteiger partial charge in [-0.25, -0.2) is 9.97 Å². The van der Waals surface area contributed by atoms with E-state index in [1.54, 1.807) is 18.4 Å². The number of nitrogens with zero attached hydrogens (tertiary/aromatic N) is 5. The molecule has 8 heteroatoms. The number of carbonyl (C=O) groups is 1. The summed E-state index contributed by atoms with van der Waals surface area (Å²) in [6.07, 6.45) is 2.66. The Morgan fingerprint density at radius 3 is 2.88 bits per heavy atom. The van der Waals surface area contributed by atoms with Crippen LogP contribution in [0.4, 0.5) is 5.82 Å². The van der Waals surface area contributed by atoms with Gasteiger partial charge in [0, 0.05) is 44.3 Å². The van der Waals surface area contributed by atoms with Crippen LogP contribution in [0.25, 0.3) is 21.3 Å². The number of aromatic nitrogens is 2. The predicted octanol–water partition coefficient (Wildman–Crippen LogP) is 4.18. The molecule has 2 aromatic heterocycles. The number of methoxy groups -OCH3 is 1. The predicted molar refractivity (Wildman–Crippen MR) is 129 cm³/mol. The van der Waals surface area contributed by atoms with Crippen molar-refractivity contribution >= 4 is 33.3 Å². The molecule has 3 aromatic rings. The Kier molecular flexibility index (Phi) is 6.00. The van der Waals surface area contributed by atoms with Gasteiger partial charge in [0.25, 0.3) is 0 Å². The first-order chi connectivity index (χ1) is 16.1. The van der Waals surface area contributed by atoms with Crippen molar-refractivity contribution < 1.29 is 9.53 Å². The van der Waals surface area contributed by atoms with E-state index >= 15 is 0 Å². The van der Waals surface area contributed by atoms with E-state index < -0.39 is 0 Å². The smallest absolute Gasteiger partial charge is 0.225 e. The third kappa shape index (κ3) is 4.31. The lowest BCUT2D eigenvalue weighted by molar-refractivity contribution is -0.134. The monoisotopic (exact) mass is 461 g/mol. The van der Waals surface area contributed by atoms with Gasteiger partial charge in [0.05, 0.1) is 40.0 Å². The summed E-state index contributed by atoms with van der Waals surface area (Å²) in [5.41, 5.74) is 6.66. The van der Waals surface area contributed by atoms with E-state index in [9.17, 15) is 10.1 Å². The minimum Gasteiger partial charge on any atom is -0.384 e. The lowest BCUT2D eigenvalue weighted by atomic mass is 9.98. The average molecular weight is 462 g/mol. The Labute approximate surface area is 197 Å². The number of carbonyl (C=O) groups excluding carboxylic acids is 1. The first-order valence-electron chi connectivity index (χ1n) is 11.4. The molecule has 1 atom stereocenters. The van der Waals surface area contributed by atoms with Gasteiger partial charge in [0.1, 0.15) is 11.9 Å². The summed E-state index contributed by atoms with van der Waals surface area (Å²) in [5.74, 6) is 1.31. The minimum absolute atomic E-state index is 0.0502. The molecule has 3 heterocycles. The van der Waals surface area contributed by atoms with Crippen molar-refractivity contribution in [2.45, 2.75) is 38.1 Å². The number of anilines is 1. The quantitative estimate of drug-likeness (QED) is 0.548. The first-order valence-corrected chi connectivity index (χ1v) is 12.3. The number of pyridine rings is 1. The van der Waals surface area contributed by atoms with Crippen molar-refractivity contribution in [1.29, 1.82) is 5.26 Å². The maximum absolute atomic E-state index is 12.5. The third-order valence-electron chi connectivity index (χ3n) is 6.53. The summed E-state index contributed by atoms with van der Waals surface area (Å²) in [6.45, 7) is 4.45. The molecule has 2 aliphatic rings. The highest BCUT2D eigenvalue weighted by molar-refractivity contribution is 7.16. The molecule has 0 N–H and O–H groups in total. The fourth-order valence-corrected chi connectivity index (χ4v) is 5.33. The van der Waals surface area contributed by atoms with Gasteiger partial charge in [-0.15, -0.1) is 11.3 Å². The zero-order chi connectivity index (χ0) is 22.9. The number of fused-ring (bicyclic) bond motifs is 1. The number of piperazine rings is 1. The molecule has 0 spiro atoms. The molecule has 1 amide bonds. The number of hydrogen-bond donors (Lipinski definition) is 0. The Hall–Kier alpha value is -3.02. The van der Waals surface area contributed by atoms with Crippen LogP contribution < -0.4 is 4.90 Å². The molecule has 5 rings (SSSR count). The minimum atomic E-state index is 0.0502. The summed E-state index contributed by atoms with van der Waals surface area (Å²) < 4.78 is 6.20. The first kappa shape index (κ1) is 21.8. The van der Waals surface area contributed by atoms with Crippen molar-refractivity contribution in [2.24, 2.45) is 0 Å². The lowest BCUT2D eigenvalue weighted by Crippen LogP contribution is -2.54. The molecule has 1 saturated carbocycles.